The van der Waals surface area contributed by atoms with Crippen LogP contribution in [0, 0.1) is 10.1 Å². The maximum atomic E-state index is 11.0. The van der Waals surface area contributed by atoms with Gasteiger partial charge in [0, 0.05) is 73.4 Å². The third kappa shape index (κ3) is 4.53. The second kappa shape index (κ2) is 9.92. The van der Waals surface area contributed by atoms with Crippen molar-refractivity contribution in [2.24, 2.45) is 0 Å². The molecule has 7 aromatic rings. The first-order valence-corrected chi connectivity index (χ1v) is 13.4. The normalized spacial score (nSPS) is 11.6. The highest BCUT2D eigenvalue weighted by molar-refractivity contribution is 6.31. The van der Waals surface area contributed by atoms with Crippen LogP contribution in [0.4, 0.5) is 5.69 Å². The molecule has 0 unspecified atom stereocenters. The predicted octanol–water partition coefficient (Wildman–Crippen LogP) is 8.76. The molecule has 3 aromatic heterocycles. The zero-order valence-corrected chi connectivity index (χ0v) is 22.6. The minimum atomic E-state index is -0.451. The molecule has 7 rings (SSSR count). The van der Waals surface area contributed by atoms with Gasteiger partial charge < -0.3 is 14.4 Å². The third-order valence-corrected chi connectivity index (χ3v) is 7.68. The Labute approximate surface area is 242 Å². The van der Waals surface area contributed by atoms with Crippen LogP contribution in [0.3, 0.4) is 0 Å². The second-order valence-corrected chi connectivity index (χ2v) is 10.5. The quantitative estimate of drug-likeness (QED) is 0.151. The molecule has 8 nitrogen and oxygen atoms in total. The van der Waals surface area contributed by atoms with Gasteiger partial charge in [-0.3, -0.25) is 10.1 Å². The van der Waals surface area contributed by atoms with E-state index in [-0.39, 0.29) is 17.5 Å². The Morgan fingerprint density at radius 2 is 1.20 bits per heavy atom. The van der Waals surface area contributed by atoms with Crippen molar-refractivity contribution in [3.63, 3.8) is 0 Å². The Kier molecular flexibility index (Phi) is 6.07. The average Bonchev–Trinajstić information content (AvgIpc) is 3.73. The predicted molar refractivity (Wildman–Crippen MR) is 159 cm³/mol. The number of nitrogens with one attached hydrogen (secondary N) is 2. The minimum Gasteiger partial charge on any atom is -0.416 e. The topological polar surface area (TPSA) is 114 Å². The standard InChI is InChI=1S/C31H19Cl2N5O3/c32-20-7-11-27-23(13-20)25(15-34-27)29(26-16-35-28-12-8-21(33)14-24(26)28)17-1-3-18(4-2-17)30-36-37-31(41-30)19-5-9-22(10-6-19)38(39)40/h1-16,29,34-35H. The van der Waals surface area contributed by atoms with Gasteiger partial charge in [-0.25, -0.2) is 0 Å². The van der Waals surface area contributed by atoms with Crippen molar-refractivity contribution in [1.29, 1.82) is 0 Å². The maximum Gasteiger partial charge on any atom is 0.269 e. The molecule has 0 fully saturated rings. The number of benzene rings is 4. The van der Waals surface area contributed by atoms with E-state index >= 15 is 0 Å². The highest BCUT2D eigenvalue weighted by Crippen LogP contribution is 2.41. The summed E-state index contributed by atoms with van der Waals surface area (Å²) in [6.07, 6.45) is 4.05. The Morgan fingerprint density at radius 1 is 0.707 bits per heavy atom. The molecule has 0 amide bonds. The van der Waals surface area contributed by atoms with Crippen LogP contribution in [-0.2, 0) is 0 Å². The van der Waals surface area contributed by atoms with Crippen LogP contribution in [-0.4, -0.2) is 25.1 Å². The van der Waals surface area contributed by atoms with Crippen LogP contribution in [0.25, 0.3) is 44.7 Å². The molecule has 0 aliphatic heterocycles. The summed E-state index contributed by atoms with van der Waals surface area (Å²) in [6.45, 7) is 0. The summed E-state index contributed by atoms with van der Waals surface area (Å²) in [5.74, 6) is 0.490. The van der Waals surface area contributed by atoms with Gasteiger partial charge in [-0.1, -0.05) is 35.3 Å². The lowest BCUT2D eigenvalue weighted by atomic mass is 9.84. The summed E-state index contributed by atoms with van der Waals surface area (Å²) >= 11 is 12.8. The first-order chi connectivity index (χ1) is 19.9. The van der Waals surface area contributed by atoms with Gasteiger partial charge >= 0.3 is 0 Å². The van der Waals surface area contributed by atoms with E-state index in [2.05, 4.69) is 20.2 Å². The van der Waals surface area contributed by atoms with Crippen LogP contribution in [0.2, 0.25) is 10.0 Å². The largest absolute Gasteiger partial charge is 0.416 e. The number of hydrogen-bond donors (Lipinski definition) is 2. The molecule has 200 valence electrons. The summed E-state index contributed by atoms with van der Waals surface area (Å²) in [5.41, 5.74) is 6.53. The van der Waals surface area contributed by atoms with Gasteiger partial charge in [0.2, 0.25) is 11.8 Å². The van der Waals surface area contributed by atoms with E-state index in [0.717, 1.165) is 44.1 Å². The van der Waals surface area contributed by atoms with Crippen molar-refractivity contribution < 1.29 is 9.34 Å². The summed E-state index contributed by atoms with van der Waals surface area (Å²) in [6, 6.07) is 25.6. The second-order valence-electron chi connectivity index (χ2n) is 9.64. The van der Waals surface area contributed by atoms with E-state index in [1.165, 1.54) is 12.1 Å². The SMILES string of the molecule is O=[N+]([O-])c1ccc(-c2nnc(-c3ccc(C(c4c[nH]c5ccc(Cl)cc45)c4c[nH]c5ccc(Cl)cc45)cc3)o2)cc1. The van der Waals surface area contributed by atoms with E-state index in [1.807, 2.05) is 73.1 Å². The van der Waals surface area contributed by atoms with E-state index in [4.69, 9.17) is 27.6 Å². The summed E-state index contributed by atoms with van der Waals surface area (Å²) < 4.78 is 5.91. The molecule has 0 saturated heterocycles. The molecular formula is C31H19Cl2N5O3. The monoisotopic (exact) mass is 579 g/mol. The molecule has 0 saturated carbocycles. The van der Waals surface area contributed by atoms with E-state index in [9.17, 15) is 10.1 Å². The molecule has 4 aromatic carbocycles. The number of nitrogens with zero attached hydrogens (tertiary/aromatic N) is 3. The molecule has 0 spiro atoms. The number of halogens is 2. The van der Waals surface area contributed by atoms with Gasteiger partial charge in [-0.2, -0.15) is 0 Å². The van der Waals surface area contributed by atoms with Gasteiger partial charge in [0.05, 0.1) is 4.92 Å². The van der Waals surface area contributed by atoms with Gasteiger partial charge in [-0.15, -0.1) is 10.2 Å². The maximum absolute atomic E-state index is 11.0. The van der Waals surface area contributed by atoms with Gasteiger partial charge in [0.1, 0.15) is 0 Å². The number of fused-ring (bicyclic) bond motifs is 2. The van der Waals surface area contributed by atoms with Crippen molar-refractivity contribution in [1.82, 2.24) is 20.2 Å². The highest BCUT2D eigenvalue weighted by Gasteiger charge is 2.24. The fourth-order valence-corrected chi connectivity index (χ4v) is 5.58. The summed E-state index contributed by atoms with van der Waals surface area (Å²) in [5, 5.41) is 22.7. The number of nitro groups is 1. The van der Waals surface area contributed by atoms with Crippen molar-refractivity contribution in [2.45, 2.75) is 5.92 Å². The first-order valence-electron chi connectivity index (χ1n) is 12.7. The lowest BCUT2D eigenvalue weighted by Crippen LogP contribution is -2.02. The van der Waals surface area contributed by atoms with Crippen LogP contribution in [0.1, 0.15) is 22.6 Å². The zero-order chi connectivity index (χ0) is 28.1. The number of nitro benzene ring substituents is 1. The molecular weight excluding hydrogens is 561 g/mol. The average molecular weight is 580 g/mol. The van der Waals surface area contributed by atoms with E-state index in [1.54, 1.807) is 12.1 Å². The van der Waals surface area contributed by atoms with Crippen LogP contribution >= 0.6 is 23.2 Å². The first kappa shape index (κ1) is 25.1. The van der Waals surface area contributed by atoms with Crippen LogP contribution in [0.5, 0.6) is 0 Å². The van der Waals surface area contributed by atoms with Crippen molar-refractivity contribution >= 4 is 50.7 Å². The van der Waals surface area contributed by atoms with Gasteiger partial charge in [0.15, 0.2) is 0 Å². The molecule has 41 heavy (non-hydrogen) atoms. The molecule has 0 aliphatic carbocycles. The lowest BCUT2D eigenvalue weighted by Gasteiger charge is -2.18. The molecule has 2 N–H and O–H groups in total. The number of hydrogen-bond acceptors (Lipinski definition) is 5. The molecule has 0 atom stereocenters. The fourth-order valence-electron chi connectivity index (χ4n) is 5.23. The van der Waals surface area contributed by atoms with Crippen LogP contribution in [0.15, 0.2) is 102 Å². The minimum absolute atomic E-state index is 0.00595. The van der Waals surface area contributed by atoms with E-state index in [0.29, 0.717) is 21.5 Å². The Balaban J connectivity index is 1.29. The molecule has 0 radical (unpaired) electrons. The summed E-state index contributed by atoms with van der Waals surface area (Å²) in [4.78, 5) is 17.3. The fraction of sp³-hybridized carbons (Fsp3) is 0.0323. The third-order valence-electron chi connectivity index (χ3n) is 7.21. The Bertz CT molecular complexity index is 1980. The lowest BCUT2D eigenvalue weighted by molar-refractivity contribution is -0.384. The van der Waals surface area contributed by atoms with E-state index < -0.39 is 4.92 Å². The van der Waals surface area contributed by atoms with Gasteiger partial charge in [0.25, 0.3) is 5.69 Å². The summed E-state index contributed by atoms with van der Waals surface area (Å²) in [7, 11) is 0. The molecule has 3 heterocycles. The molecule has 0 aliphatic rings. The number of non-ortho nitro benzene ring substituents is 1. The van der Waals surface area contributed by atoms with Crippen molar-refractivity contribution in [3.8, 4) is 22.9 Å². The number of rotatable bonds is 6. The molecule has 10 heteroatoms. The van der Waals surface area contributed by atoms with Crippen molar-refractivity contribution in [3.05, 3.63) is 134 Å². The highest BCUT2D eigenvalue weighted by atomic mass is 35.5. The zero-order valence-electron chi connectivity index (χ0n) is 21.1. The smallest absolute Gasteiger partial charge is 0.269 e. The number of aromatic nitrogens is 4. The van der Waals surface area contributed by atoms with Crippen LogP contribution < -0.4 is 0 Å². The van der Waals surface area contributed by atoms with Gasteiger partial charge in [-0.05, 0) is 77.4 Å². The number of aromatic amines is 2. The molecule has 0 bridgehead atoms. The Morgan fingerprint density at radius 3 is 1.68 bits per heavy atom. The Hall–Kier alpha value is -4.92. The number of H-pyrrole nitrogens is 2. The van der Waals surface area contributed by atoms with Crippen molar-refractivity contribution in [2.75, 3.05) is 0 Å².